The average molecular weight is 241 g/mol. The van der Waals surface area contributed by atoms with Gasteiger partial charge >= 0.3 is 0 Å². The maximum absolute atomic E-state index is 9.14. The lowest BCUT2D eigenvalue weighted by Crippen LogP contribution is -1.82. The quantitative estimate of drug-likeness (QED) is 0.749. The minimum atomic E-state index is 0.605. The summed E-state index contributed by atoms with van der Waals surface area (Å²) in [5.41, 5.74) is 2.41. The second-order valence-electron chi connectivity index (χ2n) is 3.46. The van der Waals surface area contributed by atoms with Crippen molar-refractivity contribution in [2.45, 2.75) is 0 Å². The van der Waals surface area contributed by atoms with Gasteiger partial charge in [0.2, 0.25) is 0 Å². The number of nitrogens with zero attached hydrogens (tertiary/aromatic N) is 2. The van der Waals surface area contributed by atoms with E-state index in [0.29, 0.717) is 10.6 Å². The molecule has 2 rings (SSSR count). The second-order valence-corrected chi connectivity index (χ2v) is 3.89. The Morgan fingerprint density at radius 2 is 1.76 bits per heavy atom. The van der Waals surface area contributed by atoms with Crippen molar-refractivity contribution in [3.8, 4) is 6.07 Å². The van der Waals surface area contributed by atoms with E-state index in [2.05, 4.69) is 11.1 Å². The van der Waals surface area contributed by atoms with Gasteiger partial charge < -0.3 is 0 Å². The molecular formula is C14H9ClN2. The van der Waals surface area contributed by atoms with Gasteiger partial charge in [-0.15, -0.1) is 0 Å². The maximum Gasteiger partial charge on any atom is 0.0998 e. The van der Waals surface area contributed by atoms with Crippen LogP contribution in [-0.2, 0) is 0 Å². The zero-order valence-electron chi connectivity index (χ0n) is 8.97. The number of nitriles is 1. The molecule has 0 amide bonds. The maximum atomic E-state index is 9.14. The van der Waals surface area contributed by atoms with Crippen molar-refractivity contribution in [1.82, 2.24) is 4.98 Å². The van der Waals surface area contributed by atoms with Crippen LogP contribution in [0, 0.1) is 11.3 Å². The van der Waals surface area contributed by atoms with Crippen LogP contribution in [0.5, 0.6) is 0 Å². The second kappa shape index (κ2) is 5.29. The normalized spacial score (nSPS) is 10.9. The van der Waals surface area contributed by atoms with Gasteiger partial charge in [-0.3, -0.25) is 4.98 Å². The van der Waals surface area contributed by atoms with Crippen LogP contribution in [0.25, 0.3) is 11.6 Å². The highest BCUT2D eigenvalue weighted by molar-refractivity contribution is 6.30. The SMILES string of the molecule is N#C/C(=C/c1ccncc1)c1ccc(Cl)cc1. The summed E-state index contributed by atoms with van der Waals surface area (Å²) in [5, 5.41) is 9.81. The molecule has 2 nitrogen and oxygen atoms in total. The molecule has 0 saturated heterocycles. The van der Waals surface area contributed by atoms with Gasteiger partial charge in [0.15, 0.2) is 0 Å². The van der Waals surface area contributed by atoms with Gasteiger partial charge in [-0.1, -0.05) is 23.7 Å². The van der Waals surface area contributed by atoms with Gasteiger partial charge in [-0.25, -0.2) is 0 Å². The number of hydrogen-bond acceptors (Lipinski definition) is 2. The highest BCUT2D eigenvalue weighted by atomic mass is 35.5. The van der Waals surface area contributed by atoms with Crippen LogP contribution in [0.4, 0.5) is 0 Å². The molecule has 3 heteroatoms. The summed E-state index contributed by atoms with van der Waals surface area (Å²) >= 11 is 5.81. The Morgan fingerprint density at radius 3 is 2.35 bits per heavy atom. The van der Waals surface area contributed by atoms with Crippen molar-refractivity contribution in [3.05, 3.63) is 64.9 Å². The molecule has 0 unspecified atom stereocenters. The third-order valence-electron chi connectivity index (χ3n) is 2.29. The number of halogens is 1. The lowest BCUT2D eigenvalue weighted by molar-refractivity contribution is 1.32. The van der Waals surface area contributed by atoms with E-state index in [9.17, 15) is 0 Å². The molecule has 0 saturated carbocycles. The third kappa shape index (κ3) is 2.93. The Bertz CT molecular complexity index is 565. The lowest BCUT2D eigenvalue weighted by atomic mass is 10.0. The Labute approximate surface area is 105 Å². The number of benzene rings is 1. The Kier molecular flexibility index (Phi) is 3.54. The molecule has 17 heavy (non-hydrogen) atoms. The molecule has 1 aromatic carbocycles. The van der Waals surface area contributed by atoms with Crippen LogP contribution in [0.1, 0.15) is 11.1 Å². The van der Waals surface area contributed by atoms with Crippen LogP contribution in [0.3, 0.4) is 0 Å². The molecule has 1 aromatic heterocycles. The monoisotopic (exact) mass is 240 g/mol. The first kappa shape index (κ1) is 11.4. The largest absolute Gasteiger partial charge is 0.265 e. The van der Waals surface area contributed by atoms with E-state index in [1.807, 2.05) is 30.3 Å². The molecule has 0 aliphatic carbocycles. The Hall–Kier alpha value is -2.11. The van der Waals surface area contributed by atoms with Gasteiger partial charge in [0.05, 0.1) is 11.6 Å². The summed E-state index contributed by atoms with van der Waals surface area (Å²) in [6.45, 7) is 0. The number of allylic oxidation sites excluding steroid dienone is 1. The smallest absolute Gasteiger partial charge is 0.0998 e. The molecule has 0 atom stereocenters. The van der Waals surface area contributed by atoms with E-state index in [0.717, 1.165) is 11.1 Å². The number of aromatic nitrogens is 1. The zero-order valence-corrected chi connectivity index (χ0v) is 9.72. The van der Waals surface area contributed by atoms with Crippen LogP contribution in [0.15, 0.2) is 48.8 Å². The minimum Gasteiger partial charge on any atom is -0.265 e. The molecule has 0 N–H and O–H groups in total. The van der Waals surface area contributed by atoms with Crippen LogP contribution >= 0.6 is 11.6 Å². The molecule has 0 aliphatic heterocycles. The summed E-state index contributed by atoms with van der Waals surface area (Å²) in [7, 11) is 0. The first-order valence-corrected chi connectivity index (χ1v) is 5.45. The van der Waals surface area contributed by atoms with Crippen molar-refractivity contribution in [2.75, 3.05) is 0 Å². The summed E-state index contributed by atoms with van der Waals surface area (Å²) in [4.78, 5) is 3.93. The molecule has 0 aliphatic rings. The van der Waals surface area contributed by atoms with E-state index >= 15 is 0 Å². The number of pyridine rings is 1. The Morgan fingerprint density at radius 1 is 1.12 bits per heavy atom. The molecule has 1 heterocycles. The fraction of sp³-hybridized carbons (Fsp3) is 0. The van der Waals surface area contributed by atoms with Crippen molar-refractivity contribution >= 4 is 23.3 Å². The molecule has 0 bridgehead atoms. The van der Waals surface area contributed by atoms with E-state index in [-0.39, 0.29) is 0 Å². The van der Waals surface area contributed by atoms with E-state index in [1.54, 1.807) is 24.5 Å². The van der Waals surface area contributed by atoms with Gasteiger partial charge in [-0.2, -0.15) is 5.26 Å². The van der Waals surface area contributed by atoms with E-state index in [4.69, 9.17) is 16.9 Å². The number of hydrogen-bond donors (Lipinski definition) is 0. The summed E-state index contributed by atoms with van der Waals surface area (Å²) in [6.07, 6.45) is 5.22. The van der Waals surface area contributed by atoms with Crippen LogP contribution in [0.2, 0.25) is 5.02 Å². The van der Waals surface area contributed by atoms with E-state index < -0.39 is 0 Å². The van der Waals surface area contributed by atoms with Gasteiger partial charge in [-0.05, 0) is 41.5 Å². The first-order chi connectivity index (χ1) is 8.29. The Balaban J connectivity index is 2.38. The molecule has 0 spiro atoms. The predicted octanol–water partition coefficient (Wildman–Crippen LogP) is 3.80. The summed E-state index contributed by atoms with van der Waals surface area (Å²) < 4.78 is 0. The van der Waals surface area contributed by atoms with Gasteiger partial charge in [0.25, 0.3) is 0 Å². The van der Waals surface area contributed by atoms with E-state index in [1.165, 1.54) is 0 Å². The first-order valence-electron chi connectivity index (χ1n) is 5.07. The van der Waals surface area contributed by atoms with Crippen LogP contribution in [-0.4, -0.2) is 4.98 Å². The lowest BCUT2D eigenvalue weighted by Gasteiger charge is -1.99. The molecular weight excluding hydrogens is 232 g/mol. The zero-order chi connectivity index (χ0) is 12.1. The molecule has 0 fully saturated rings. The third-order valence-corrected chi connectivity index (χ3v) is 2.54. The van der Waals surface area contributed by atoms with Crippen molar-refractivity contribution < 1.29 is 0 Å². The molecule has 0 radical (unpaired) electrons. The van der Waals surface area contributed by atoms with Crippen LogP contribution < -0.4 is 0 Å². The highest BCUT2D eigenvalue weighted by Gasteiger charge is 2.00. The average Bonchev–Trinajstić information content (AvgIpc) is 2.38. The fourth-order valence-corrected chi connectivity index (χ4v) is 1.56. The van der Waals surface area contributed by atoms with Crippen molar-refractivity contribution in [3.63, 3.8) is 0 Å². The summed E-state index contributed by atoms with van der Waals surface area (Å²) in [5.74, 6) is 0. The fourth-order valence-electron chi connectivity index (χ4n) is 1.44. The predicted molar refractivity (Wildman–Crippen MR) is 69.2 cm³/mol. The van der Waals surface area contributed by atoms with Gasteiger partial charge in [0.1, 0.15) is 0 Å². The standard InChI is InChI=1S/C14H9ClN2/c15-14-3-1-12(2-4-14)13(10-16)9-11-5-7-17-8-6-11/h1-9H/b13-9-. The summed E-state index contributed by atoms with van der Waals surface area (Å²) in [6, 6.07) is 13.1. The highest BCUT2D eigenvalue weighted by Crippen LogP contribution is 2.19. The topological polar surface area (TPSA) is 36.7 Å². The van der Waals surface area contributed by atoms with Gasteiger partial charge in [0, 0.05) is 17.4 Å². The van der Waals surface area contributed by atoms with Crippen molar-refractivity contribution in [1.29, 1.82) is 5.26 Å². The number of rotatable bonds is 2. The molecule has 82 valence electrons. The van der Waals surface area contributed by atoms with Crippen molar-refractivity contribution in [2.24, 2.45) is 0 Å². The minimum absolute atomic E-state index is 0.605. The molecule has 2 aromatic rings.